The number of pyridine rings is 3. The molecule has 4 aromatic rings. The van der Waals surface area contributed by atoms with Crippen molar-refractivity contribution in [2.75, 3.05) is 26.2 Å². The van der Waals surface area contributed by atoms with E-state index in [4.69, 9.17) is 27.4 Å². The molecule has 0 aliphatic carbocycles. The molecule has 0 unspecified atom stereocenters. The van der Waals surface area contributed by atoms with Crippen LogP contribution in [0.2, 0.25) is 5.02 Å². The van der Waals surface area contributed by atoms with Crippen LogP contribution < -0.4 is 5.73 Å². The zero-order valence-electron chi connectivity index (χ0n) is 20.8. The molecule has 0 bridgehead atoms. The van der Waals surface area contributed by atoms with Crippen molar-refractivity contribution in [3.63, 3.8) is 0 Å². The third-order valence-corrected chi connectivity index (χ3v) is 6.98. The summed E-state index contributed by atoms with van der Waals surface area (Å²) in [5, 5.41) is 10.4. The minimum Gasteiger partial charge on any atom is -0.404 e. The van der Waals surface area contributed by atoms with E-state index >= 15 is 0 Å². The Kier molecular flexibility index (Phi) is 8.03. The largest absolute Gasteiger partial charge is 0.404 e. The molecule has 3 aromatic heterocycles. The predicted molar refractivity (Wildman–Crippen MR) is 150 cm³/mol. The van der Waals surface area contributed by atoms with E-state index in [1.54, 1.807) is 24.7 Å². The molecule has 1 aliphatic heterocycles. The normalized spacial score (nSPS) is 15.5. The summed E-state index contributed by atoms with van der Waals surface area (Å²) in [5.41, 5.74) is 10.4. The van der Waals surface area contributed by atoms with Gasteiger partial charge in [0.15, 0.2) is 5.65 Å². The number of benzene rings is 1. The lowest BCUT2D eigenvalue weighted by atomic mass is 9.98. The number of hydrogen-bond donors (Lipinski definition) is 2. The number of fused-ring (bicyclic) bond motifs is 1. The van der Waals surface area contributed by atoms with Gasteiger partial charge in [-0.2, -0.15) is 0 Å². The lowest BCUT2D eigenvalue weighted by molar-refractivity contribution is 0.165. The molecule has 3 N–H and O–H groups in total. The van der Waals surface area contributed by atoms with E-state index in [1.807, 2.05) is 30.5 Å². The van der Waals surface area contributed by atoms with Crippen LogP contribution in [0.4, 0.5) is 4.39 Å². The Labute approximate surface area is 225 Å². The highest BCUT2D eigenvalue weighted by molar-refractivity contribution is 6.30. The minimum absolute atomic E-state index is 0.176. The minimum atomic E-state index is -0.415. The van der Waals surface area contributed by atoms with Crippen LogP contribution in [0.3, 0.4) is 0 Å². The van der Waals surface area contributed by atoms with Crippen LogP contribution in [0.15, 0.2) is 72.2 Å². The maximum Gasteiger partial charge on any atom is 0.160 e. The van der Waals surface area contributed by atoms with E-state index < -0.39 is 5.82 Å². The standard InChI is InChI=1S/C29H28ClFN6O/c30-22-3-4-27(31)26(13-22)28-14-25(24-2-1-7-34-29(24)36-28)20-12-19(16-33-17-20)21(15-32)18-35-23-5-8-37(9-6-23)10-11-38/h1-4,7,12-18,23,38H,5-6,8-11,32H2. The number of aliphatic hydroxyl groups is 1. The fourth-order valence-electron chi connectivity index (χ4n) is 4.71. The van der Waals surface area contributed by atoms with Crippen LogP contribution in [0.1, 0.15) is 18.4 Å². The summed E-state index contributed by atoms with van der Waals surface area (Å²) in [6, 6.07) is 12.2. The maximum absolute atomic E-state index is 14.7. The number of nitrogens with zero attached hydrogens (tertiary/aromatic N) is 5. The van der Waals surface area contributed by atoms with Gasteiger partial charge < -0.3 is 15.7 Å². The molecule has 1 saturated heterocycles. The van der Waals surface area contributed by atoms with Gasteiger partial charge in [0.05, 0.1) is 18.3 Å². The fraction of sp³-hybridized carbons (Fsp3) is 0.241. The second-order valence-electron chi connectivity index (χ2n) is 9.21. The van der Waals surface area contributed by atoms with Crippen LogP contribution in [0.5, 0.6) is 0 Å². The van der Waals surface area contributed by atoms with Crippen molar-refractivity contribution in [3.8, 4) is 22.4 Å². The van der Waals surface area contributed by atoms with E-state index in [9.17, 15) is 4.39 Å². The highest BCUT2D eigenvalue weighted by Crippen LogP contribution is 2.33. The summed E-state index contributed by atoms with van der Waals surface area (Å²) in [5.74, 6) is -0.415. The second kappa shape index (κ2) is 11.8. The lowest BCUT2D eigenvalue weighted by Crippen LogP contribution is -2.37. The van der Waals surface area contributed by atoms with Gasteiger partial charge in [-0.3, -0.25) is 9.98 Å². The predicted octanol–water partition coefficient (Wildman–Crippen LogP) is 4.98. The monoisotopic (exact) mass is 530 g/mol. The number of allylic oxidation sites excluding steroid dienone is 1. The summed E-state index contributed by atoms with van der Waals surface area (Å²) >= 11 is 6.16. The molecule has 5 rings (SSSR count). The van der Waals surface area contributed by atoms with Gasteiger partial charge in [0, 0.05) is 83.3 Å². The van der Waals surface area contributed by atoms with Gasteiger partial charge >= 0.3 is 0 Å². The molecule has 194 valence electrons. The Bertz CT molecular complexity index is 1500. The Morgan fingerprint density at radius 1 is 1.16 bits per heavy atom. The molecule has 1 aromatic carbocycles. The average Bonchev–Trinajstić information content (AvgIpc) is 2.95. The summed E-state index contributed by atoms with van der Waals surface area (Å²) < 4.78 is 14.7. The first-order valence-corrected chi connectivity index (χ1v) is 12.9. The van der Waals surface area contributed by atoms with E-state index in [0.717, 1.165) is 53.6 Å². The Balaban J connectivity index is 1.48. The molecule has 0 atom stereocenters. The van der Waals surface area contributed by atoms with E-state index in [-0.39, 0.29) is 12.6 Å². The van der Waals surface area contributed by atoms with Gasteiger partial charge in [0.1, 0.15) is 5.82 Å². The first-order valence-electron chi connectivity index (χ1n) is 12.5. The molecule has 0 amide bonds. The summed E-state index contributed by atoms with van der Waals surface area (Å²) in [6.07, 6.45) is 10.4. The molecule has 38 heavy (non-hydrogen) atoms. The third-order valence-electron chi connectivity index (χ3n) is 6.75. The van der Waals surface area contributed by atoms with Crippen molar-refractivity contribution in [3.05, 3.63) is 83.7 Å². The number of piperidine rings is 1. The van der Waals surface area contributed by atoms with Crippen LogP contribution >= 0.6 is 11.6 Å². The van der Waals surface area contributed by atoms with Gasteiger partial charge in [-0.25, -0.2) is 14.4 Å². The first-order chi connectivity index (χ1) is 18.6. The quantitative estimate of drug-likeness (QED) is 0.327. The van der Waals surface area contributed by atoms with Gasteiger partial charge in [0.2, 0.25) is 0 Å². The molecule has 7 nitrogen and oxygen atoms in total. The first kappa shape index (κ1) is 25.9. The topological polar surface area (TPSA) is 101 Å². The Morgan fingerprint density at radius 3 is 2.79 bits per heavy atom. The molecule has 9 heteroatoms. The number of rotatable bonds is 7. The van der Waals surface area contributed by atoms with Crippen LogP contribution in [0.25, 0.3) is 39.0 Å². The molecule has 0 saturated carbocycles. The van der Waals surface area contributed by atoms with Crippen molar-refractivity contribution in [2.45, 2.75) is 18.9 Å². The molecular weight excluding hydrogens is 503 g/mol. The third kappa shape index (κ3) is 5.72. The van der Waals surface area contributed by atoms with E-state index in [1.165, 1.54) is 18.3 Å². The number of hydrogen-bond acceptors (Lipinski definition) is 7. The smallest absolute Gasteiger partial charge is 0.160 e. The summed E-state index contributed by atoms with van der Waals surface area (Å²) in [4.78, 5) is 20.5. The average molecular weight is 531 g/mol. The van der Waals surface area contributed by atoms with Crippen LogP contribution in [-0.4, -0.2) is 63.5 Å². The SMILES string of the molecule is NC=C(C=NC1CCN(CCO)CC1)c1cncc(-c2cc(-c3cc(Cl)ccc3F)nc3ncccc23)c1. The lowest BCUT2D eigenvalue weighted by Gasteiger charge is -2.29. The number of likely N-dealkylation sites (tertiary alicyclic amines) is 1. The van der Waals surface area contributed by atoms with Crippen molar-refractivity contribution in [2.24, 2.45) is 10.7 Å². The highest BCUT2D eigenvalue weighted by atomic mass is 35.5. The van der Waals surface area contributed by atoms with E-state index in [0.29, 0.717) is 28.5 Å². The molecule has 0 radical (unpaired) electrons. The fourth-order valence-corrected chi connectivity index (χ4v) is 4.88. The number of halogens is 2. The van der Waals surface area contributed by atoms with Gasteiger partial charge in [0.25, 0.3) is 0 Å². The van der Waals surface area contributed by atoms with Crippen molar-refractivity contribution in [1.82, 2.24) is 19.9 Å². The van der Waals surface area contributed by atoms with Crippen molar-refractivity contribution < 1.29 is 9.50 Å². The highest BCUT2D eigenvalue weighted by Gasteiger charge is 2.18. The zero-order valence-corrected chi connectivity index (χ0v) is 21.5. The van der Waals surface area contributed by atoms with Gasteiger partial charge in [-0.1, -0.05) is 11.6 Å². The van der Waals surface area contributed by atoms with Crippen LogP contribution in [-0.2, 0) is 0 Å². The Morgan fingerprint density at radius 2 is 2.00 bits per heavy atom. The summed E-state index contributed by atoms with van der Waals surface area (Å²) in [6.45, 7) is 2.71. The molecule has 0 spiro atoms. The van der Waals surface area contributed by atoms with Crippen molar-refractivity contribution in [1.29, 1.82) is 0 Å². The number of aromatic nitrogens is 3. The number of β-amino-alcohol motifs (C(OH)–C–C–N with tert-alkyl or cyclic N) is 1. The molecule has 1 aliphatic rings. The Hall–Kier alpha value is -3.72. The number of nitrogens with two attached hydrogens (primary N) is 1. The van der Waals surface area contributed by atoms with Crippen molar-refractivity contribution >= 4 is 34.4 Å². The zero-order chi connectivity index (χ0) is 26.5. The molecule has 4 heterocycles. The number of aliphatic imine (C=N–C) groups is 1. The number of aliphatic hydroxyl groups excluding tert-OH is 1. The second-order valence-corrected chi connectivity index (χ2v) is 9.65. The molecular formula is C29H28ClFN6O. The van der Waals surface area contributed by atoms with E-state index in [2.05, 4.69) is 19.9 Å². The molecule has 1 fully saturated rings. The van der Waals surface area contributed by atoms with Gasteiger partial charge in [-0.15, -0.1) is 0 Å². The van der Waals surface area contributed by atoms with Crippen LogP contribution in [0, 0.1) is 5.82 Å². The van der Waals surface area contributed by atoms with Gasteiger partial charge in [-0.05, 0) is 60.9 Å². The summed E-state index contributed by atoms with van der Waals surface area (Å²) in [7, 11) is 0. The maximum atomic E-state index is 14.7.